The van der Waals surface area contributed by atoms with Crippen LogP contribution in [0.4, 0.5) is 5.69 Å². The summed E-state index contributed by atoms with van der Waals surface area (Å²) >= 11 is 0. The summed E-state index contributed by atoms with van der Waals surface area (Å²) in [6.45, 7) is 3.66. The fourth-order valence-corrected chi connectivity index (χ4v) is 2.84. The lowest BCUT2D eigenvalue weighted by Crippen LogP contribution is -2.44. The van der Waals surface area contributed by atoms with Gasteiger partial charge < -0.3 is 14.4 Å². The van der Waals surface area contributed by atoms with Crippen LogP contribution in [0, 0.1) is 17.0 Å². The molecule has 3 rings (SSSR count). The smallest absolute Gasteiger partial charge is 0.311 e. The second-order valence-electron chi connectivity index (χ2n) is 6.07. The second kappa shape index (κ2) is 7.97. The zero-order valence-corrected chi connectivity index (χ0v) is 14.5. The summed E-state index contributed by atoms with van der Waals surface area (Å²) < 4.78 is 11.2. The average Bonchev–Trinajstić information content (AvgIpc) is 2.67. The van der Waals surface area contributed by atoms with Crippen molar-refractivity contribution in [2.45, 2.75) is 13.0 Å². The SMILES string of the molecule is Cc1ccc(O[C@@H](C(=O)N2CCOCC2)c2ccccc2)c([N+](=O)[O-])c1. The van der Waals surface area contributed by atoms with E-state index in [9.17, 15) is 14.9 Å². The van der Waals surface area contributed by atoms with Crippen molar-refractivity contribution in [2.24, 2.45) is 0 Å². The number of hydrogen-bond acceptors (Lipinski definition) is 5. The van der Waals surface area contributed by atoms with Crippen LogP contribution in [0.15, 0.2) is 48.5 Å². The minimum absolute atomic E-state index is 0.0797. The highest BCUT2D eigenvalue weighted by atomic mass is 16.6. The first-order valence-corrected chi connectivity index (χ1v) is 8.39. The van der Waals surface area contributed by atoms with Crippen LogP contribution in [-0.4, -0.2) is 42.0 Å². The first-order valence-electron chi connectivity index (χ1n) is 8.39. The molecule has 2 aromatic rings. The predicted molar refractivity (Wildman–Crippen MR) is 95.0 cm³/mol. The van der Waals surface area contributed by atoms with E-state index in [4.69, 9.17) is 9.47 Å². The van der Waals surface area contributed by atoms with Crippen molar-refractivity contribution in [2.75, 3.05) is 26.3 Å². The van der Waals surface area contributed by atoms with Gasteiger partial charge in [-0.3, -0.25) is 14.9 Å². The van der Waals surface area contributed by atoms with Gasteiger partial charge in [-0.05, 0) is 18.6 Å². The third kappa shape index (κ3) is 4.00. The molecule has 0 unspecified atom stereocenters. The number of morpholine rings is 1. The molecule has 0 aliphatic carbocycles. The summed E-state index contributed by atoms with van der Waals surface area (Å²) in [4.78, 5) is 25.6. The van der Waals surface area contributed by atoms with Gasteiger partial charge in [-0.15, -0.1) is 0 Å². The van der Waals surface area contributed by atoms with Crippen molar-refractivity contribution < 1.29 is 19.2 Å². The Morgan fingerprint density at radius 3 is 2.54 bits per heavy atom. The van der Waals surface area contributed by atoms with Gasteiger partial charge in [0.25, 0.3) is 5.91 Å². The Morgan fingerprint density at radius 2 is 1.88 bits per heavy atom. The lowest BCUT2D eigenvalue weighted by molar-refractivity contribution is -0.386. The molecule has 0 N–H and O–H groups in total. The normalized spacial score (nSPS) is 15.3. The number of carbonyl (C=O) groups excluding carboxylic acids is 1. The summed E-state index contributed by atoms with van der Waals surface area (Å²) in [6.07, 6.45) is -0.948. The Kier molecular flexibility index (Phi) is 5.48. The third-order valence-electron chi connectivity index (χ3n) is 4.21. The number of benzene rings is 2. The van der Waals surface area contributed by atoms with Gasteiger partial charge in [0.05, 0.1) is 18.1 Å². The number of nitrogens with zero attached hydrogens (tertiary/aromatic N) is 2. The monoisotopic (exact) mass is 356 g/mol. The minimum atomic E-state index is -0.948. The van der Waals surface area contributed by atoms with Crippen molar-refractivity contribution in [3.63, 3.8) is 0 Å². The van der Waals surface area contributed by atoms with Crippen molar-refractivity contribution in [1.82, 2.24) is 4.90 Å². The third-order valence-corrected chi connectivity index (χ3v) is 4.21. The van der Waals surface area contributed by atoms with Gasteiger partial charge in [-0.1, -0.05) is 36.4 Å². The van der Waals surface area contributed by atoms with Gasteiger partial charge in [-0.25, -0.2) is 0 Å². The van der Waals surface area contributed by atoms with E-state index in [1.54, 1.807) is 30.0 Å². The zero-order chi connectivity index (χ0) is 18.5. The number of aryl methyl sites for hydroxylation is 1. The minimum Gasteiger partial charge on any atom is -0.469 e. The van der Waals surface area contributed by atoms with Crippen LogP contribution < -0.4 is 4.74 Å². The fraction of sp³-hybridized carbons (Fsp3) is 0.316. The maximum atomic E-state index is 13.0. The molecule has 0 saturated carbocycles. The maximum absolute atomic E-state index is 13.0. The van der Waals surface area contributed by atoms with Gasteiger partial charge in [-0.2, -0.15) is 0 Å². The van der Waals surface area contributed by atoms with E-state index in [0.29, 0.717) is 31.9 Å². The number of amides is 1. The Morgan fingerprint density at radius 1 is 1.19 bits per heavy atom. The van der Waals surface area contributed by atoms with E-state index in [0.717, 1.165) is 5.56 Å². The highest BCUT2D eigenvalue weighted by Gasteiger charge is 2.31. The average molecular weight is 356 g/mol. The number of nitro benzene ring substituents is 1. The molecular formula is C19H20N2O5. The van der Waals surface area contributed by atoms with E-state index >= 15 is 0 Å². The zero-order valence-electron chi connectivity index (χ0n) is 14.5. The Bertz CT molecular complexity index is 788. The largest absolute Gasteiger partial charge is 0.469 e. The van der Waals surface area contributed by atoms with Gasteiger partial charge in [0.1, 0.15) is 0 Å². The molecule has 1 fully saturated rings. The molecule has 1 atom stereocenters. The molecule has 1 aliphatic rings. The topological polar surface area (TPSA) is 81.9 Å². The van der Waals surface area contributed by atoms with E-state index in [-0.39, 0.29) is 17.3 Å². The molecule has 2 aromatic carbocycles. The van der Waals surface area contributed by atoms with Crippen molar-refractivity contribution in [1.29, 1.82) is 0 Å². The number of ether oxygens (including phenoxy) is 2. The van der Waals surface area contributed by atoms with E-state index < -0.39 is 11.0 Å². The number of carbonyl (C=O) groups is 1. The summed E-state index contributed by atoms with van der Waals surface area (Å²) in [5.41, 5.74) is 1.25. The second-order valence-corrected chi connectivity index (χ2v) is 6.07. The fourth-order valence-electron chi connectivity index (χ4n) is 2.84. The molecule has 0 spiro atoms. The van der Waals surface area contributed by atoms with E-state index in [2.05, 4.69) is 0 Å². The van der Waals surface area contributed by atoms with Gasteiger partial charge in [0.15, 0.2) is 5.75 Å². The van der Waals surface area contributed by atoms with Crippen molar-refractivity contribution >= 4 is 11.6 Å². The van der Waals surface area contributed by atoms with Crippen LogP contribution in [0.1, 0.15) is 17.2 Å². The summed E-state index contributed by atoms with van der Waals surface area (Å²) in [6, 6.07) is 13.7. The van der Waals surface area contributed by atoms with Gasteiger partial charge in [0, 0.05) is 24.7 Å². The summed E-state index contributed by atoms with van der Waals surface area (Å²) in [5.74, 6) is -0.148. The molecule has 1 aliphatic heterocycles. The number of hydrogen-bond donors (Lipinski definition) is 0. The van der Waals surface area contributed by atoms with Crippen LogP contribution in [0.5, 0.6) is 5.75 Å². The first-order chi connectivity index (χ1) is 12.6. The molecule has 1 heterocycles. The Hall–Kier alpha value is -2.93. The van der Waals surface area contributed by atoms with Crippen molar-refractivity contribution in [3.05, 3.63) is 69.8 Å². The van der Waals surface area contributed by atoms with Crippen LogP contribution >= 0.6 is 0 Å². The lowest BCUT2D eigenvalue weighted by atomic mass is 10.1. The maximum Gasteiger partial charge on any atom is 0.311 e. The molecule has 1 saturated heterocycles. The quantitative estimate of drug-likeness (QED) is 0.608. The highest BCUT2D eigenvalue weighted by molar-refractivity contribution is 5.83. The summed E-state index contributed by atoms with van der Waals surface area (Å²) in [5, 5.41) is 11.4. The van der Waals surface area contributed by atoms with Crippen LogP contribution in [0.2, 0.25) is 0 Å². The Labute approximate surface area is 151 Å². The van der Waals surface area contributed by atoms with Crippen LogP contribution in [-0.2, 0) is 9.53 Å². The molecule has 26 heavy (non-hydrogen) atoms. The molecule has 0 radical (unpaired) electrons. The lowest BCUT2D eigenvalue weighted by Gasteiger charge is -2.30. The molecule has 1 amide bonds. The van der Waals surface area contributed by atoms with Gasteiger partial charge in [0.2, 0.25) is 6.10 Å². The highest BCUT2D eigenvalue weighted by Crippen LogP contribution is 2.32. The molecule has 136 valence electrons. The van der Waals surface area contributed by atoms with Crippen LogP contribution in [0.25, 0.3) is 0 Å². The molecular weight excluding hydrogens is 336 g/mol. The van der Waals surface area contributed by atoms with E-state index in [1.807, 2.05) is 18.2 Å². The molecule has 7 nitrogen and oxygen atoms in total. The summed E-state index contributed by atoms with van der Waals surface area (Å²) in [7, 11) is 0. The standard InChI is InChI=1S/C19H20N2O5/c1-14-7-8-17(16(13-14)21(23)24)26-18(15-5-3-2-4-6-15)19(22)20-9-11-25-12-10-20/h2-8,13,18H,9-12H2,1H3/t18-/m1/s1. The van der Waals surface area contributed by atoms with Crippen molar-refractivity contribution in [3.8, 4) is 5.75 Å². The molecule has 0 aromatic heterocycles. The van der Waals surface area contributed by atoms with E-state index in [1.165, 1.54) is 12.1 Å². The number of rotatable bonds is 5. The first kappa shape index (κ1) is 17.9. The Balaban J connectivity index is 1.94. The molecule has 0 bridgehead atoms. The molecule has 7 heteroatoms. The predicted octanol–water partition coefficient (Wildman–Crippen LogP) is 2.88. The van der Waals surface area contributed by atoms with Crippen LogP contribution in [0.3, 0.4) is 0 Å². The number of nitro groups is 1. The van der Waals surface area contributed by atoms with Gasteiger partial charge >= 0.3 is 5.69 Å².